The zero-order chi connectivity index (χ0) is 28.3. The predicted molar refractivity (Wildman–Crippen MR) is 165 cm³/mol. The van der Waals surface area contributed by atoms with Crippen molar-refractivity contribution in [2.24, 2.45) is 4.99 Å². The largest absolute Gasteiger partial charge is 0.474 e. The minimum Gasteiger partial charge on any atom is -0.474 e. The van der Waals surface area contributed by atoms with Crippen LogP contribution in [0, 0.1) is 6.92 Å². The molecule has 2 aromatic rings. The lowest BCUT2D eigenvalue weighted by Gasteiger charge is -2.38. The molecule has 0 aliphatic carbocycles. The molecule has 3 aliphatic rings. The fraction of sp³-hybridized carbons (Fsp3) is 0.548. The third-order valence-electron chi connectivity index (χ3n) is 7.57. The van der Waals surface area contributed by atoms with E-state index in [0.717, 1.165) is 75.0 Å². The van der Waals surface area contributed by atoms with Crippen LogP contribution in [0.4, 0.5) is 22.7 Å². The lowest BCUT2D eigenvalue weighted by atomic mass is 10.00. The predicted octanol–water partition coefficient (Wildman–Crippen LogP) is 5.10. The fourth-order valence-electron chi connectivity index (χ4n) is 5.63. The molecule has 1 atom stereocenters. The average Bonchev–Trinajstić information content (AvgIpc) is 2.93. The first-order chi connectivity index (χ1) is 19.2. The van der Waals surface area contributed by atoms with Crippen LogP contribution in [0.3, 0.4) is 0 Å². The van der Waals surface area contributed by atoms with Gasteiger partial charge in [-0.25, -0.2) is 4.98 Å². The summed E-state index contributed by atoms with van der Waals surface area (Å²) in [5.41, 5.74) is 7.95. The summed E-state index contributed by atoms with van der Waals surface area (Å²) in [6, 6.07) is 8.72. The zero-order valence-electron chi connectivity index (χ0n) is 25.0. The van der Waals surface area contributed by atoms with Crippen molar-refractivity contribution < 1.29 is 9.57 Å². The summed E-state index contributed by atoms with van der Waals surface area (Å²) in [6.45, 7) is 19.6. The molecule has 2 saturated heterocycles. The van der Waals surface area contributed by atoms with Crippen LogP contribution in [0.5, 0.6) is 5.88 Å². The van der Waals surface area contributed by atoms with E-state index in [4.69, 9.17) is 14.6 Å². The van der Waals surface area contributed by atoms with Crippen LogP contribution in [-0.4, -0.2) is 79.9 Å². The molecule has 1 aromatic carbocycles. The first-order valence-electron chi connectivity index (χ1n) is 14.6. The van der Waals surface area contributed by atoms with Gasteiger partial charge in [0.05, 0.1) is 29.7 Å². The smallest absolute Gasteiger partial charge is 0.237 e. The minimum atomic E-state index is -0.150. The minimum absolute atomic E-state index is 0.0494. The monoisotopic (exact) mass is 547 g/mol. The van der Waals surface area contributed by atoms with Crippen LogP contribution < -0.4 is 25.2 Å². The number of rotatable bonds is 6. The molecule has 0 bridgehead atoms. The Bertz CT molecular complexity index is 1230. The second kappa shape index (κ2) is 12.1. The second-order valence-corrected chi connectivity index (χ2v) is 11.8. The SMILES string of the molecule is C/C=C1/CCN(c2cnc3c(c2C)NCCO3)C/C1=N/C(C)Nc1ccc(N2CCN(OC(C)(C)C)CC2)cc1. The number of allylic oxidation sites excluding steroid dienone is 1. The molecule has 40 heavy (non-hydrogen) atoms. The standard InChI is InChI=1S/C31H45N7O2/c1-7-24-12-14-37(28-20-33-30-29(22(28)2)32-13-19-39-30)21-27(24)35-23(3)34-25-8-10-26(11-9-25)36-15-17-38(18-16-36)40-31(4,5)6/h7-11,20,23,32,34H,12-19,21H2,1-6H3/b24-7-,35-27-. The maximum atomic E-state index is 6.03. The Morgan fingerprint density at radius 2 is 1.85 bits per heavy atom. The molecule has 9 nitrogen and oxygen atoms in total. The Morgan fingerprint density at radius 3 is 2.55 bits per heavy atom. The number of nitrogens with one attached hydrogen (secondary N) is 2. The van der Waals surface area contributed by atoms with E-state index < -0.39 is 0 Å². The van der Waals surface area contributed by atoms with Gasteiger partial charge in [0, 0.05) is 56.2 Å². The van der Waals surface area contributed by atoms with Crippen LogP contribution in [0.15, 0.2) is 47.1 Å². The molecule has 216 valence electrons. The summed E-state index contributed by atoms with van der Waals surface area (Å²) in [5.74, 6) is 0.702. The molecule has 2 fully saturated rings. The Morgan fingerprint density at radius 1 is 1.10 bits per heavy atom. The molecule has 5 rings (SSSR count). The van der Waals surface area contributed by atoms with E-state index in [1.807, 2.05) is 6.20 Å². The highest BCUT2D eigenvalue weighted by Crippen LogP contribution is 2.35. The summed E-state index contributed by atoms with van der Waals surface area (Å²) in [5, 5.41) is 9.13. The number of pyridine rings is 1. The molecule has 3 aliphatic heterocycles. The molecular formula is C31H45N7O2. The molecule has 9 heteroatoms. The van der Waals surface area contributed by atoms with E-state index in [1.54, 1.807) is 0 Å². The maximum absolute atomic E-state index is 6.03. The van der Waals surface area contributed by atoms with Crippen molar-refractivity contribution in [2.75, 3.05) is 72.9 Å². The molecule has 0 spiro atoms. The van der Waals surface area contributed by atoms with Crippen molar-refractivity contribution >= 4 is 28.5 Å². The summed E-state index contributed by atoms with van der Waals surface area (Å²) < 4.78 is 5.73. The lowest BCUT2D eigenvalue weighted by Crippen LogP contribution is -2.48. The second-order valence-electron chi connectivity index (χ2n) is 11.8. The van der Waals surface area contributed by atoms with Crippen molar-refractivity contribution in [3.63, 3.8) is 0 Å². The quantitative estimate of drug-likeness (QED) is 0.517. The normalized spacial score (nSPS) is 21.1. The highest BCUT2D eigenvalue weighted by Gasteiger charge is 2.25. The number of fused-ring (bicyclic) bond motifs is 1. The van der Waals surface area contributed by atoms with Crippen LogP contribution in [0.1, 0.15) is 46.6 Å². The first kappa shape index (κ1) is 28.2. The Kier molecular flexibility index (Phi) is 8.51. The summed E-state index contributed by atoms with van der Waals surface area (Å²) in [4.78, 5) is 20.6. The van der Waals surface area contributed by atoms with Crippen molar-refractivity contribution in [1.82, 2.24) is 10.0 Å². The third-order valence-corrected chi connectivity index (χ3v) is 7.57. The molecular weight excluding hydrogens is 502 g/mol. The first-order valence-corrected chi connectivity index (χ1v) is 14.6. The Hall–Kier alpha value is -3.30. The van der Waals surface area contributed by atoms with E-state index in [0.29, 0.717) is 12.5 Å². The summed E-state index contributed by atoms with van der Waals surface area (Å²) in [7, 11) is 0. The van der Waals surface area contributed by atoms with Crippen LogP contribution in [0.25, 0.3) is 0 Å². The van der Waals surface area contributed by atoms with E-state index in [-0.39, 0.29) is 11.8 Å². The van der Waals surface area contributed by atoms with E-state index in [9.17, 15) is 0 Å². The van der Waals surface area contributed by atoms with Gasteiger partial charge < -0.3 is 25.2 Å². The zero-order valence-corrected chi connectivity index (χ0v) is 25.0. The molecule has 0 amide bonds. The number of aromatic nitrogens is 1. The average molecular weight is 548 g/mol. The van der Waals surface area contributed by atoms with Gasteiger partial charge in [-0.3, -0.25) is 9.83 Å². The van der Waals surface area contributed by atoms with Crippen molar-refractivity contribution in [3.8, 4) is 5.88 Å². The van der Waals surface area contributed by atoms with Gasteiger partial charge in [-0.05, 0) is 77.8 Å². The third kappa shape index (κ3) is 6.70. The number of hydrogen-bond donors (Lipinski definition) is 2. The van der Waals surface area contributed by atoms with Gasteiger partial charge in [-0.1, -0.05) is 6.08 Å². The van der Waals surface area contributed by atoms with E-state index in [1.165, 1.54) is 16.8 Å². The van der Waals surface area contributed by atoms with Crippen molar-refractivity contribution in [3.05, 3.63) is 47.7 Å². The van der Waals surface area contributed by atoms with Crippen molar-refractivity contribution in [2.45, 2.75) is 59.7 Å². The van der Waals surface area contributed by atoms with Gasteiger partial charge in [0.25, 0.3) is 0 Å². The van der Waals surface area contributed by atoms with E-state index >= 15 is 0 Å². The number of piperidine rings is 1. The summed E-state index contributed by atoms with van der Waals surface area (Å²) in [6.07, 6.45) is 5.06. The van der Waals surface area contributed by atoms with Crippen LogP contribution >= 0.6 is 0 Å². The van der Waals surface area contributed by atoms with Crippen LogP contribution in [-0.2, 0) is 4.84 Å². The highest BCUT2D eigenvalue weighted by atomic mass is 16.7. The lowest BCUT2D eigenvalue weighted by molar-refractivity contribution is -0.230. The van der Waals surface area contributed by atoms with Gasteiger partial charge in [-0.2, -0.15) is 5.06 Å². The molecule has 4 heterocycles. The Balaban J connectivity index is 1.21. The number of aliphatic imine (C=N–C) groups is 1. The van der Waals surface area contributed by atoms with Crippen LogP contribution in [0.2, 0.25) is 0 Å². The van der Waals surface area contributed by atoms with Gasteiger partial charge in [-0.15, -0.1) is 0 Å². The number of piperazine rings is 1. The van der Waals surface area contributed by atoms with E-state index in [2.05, 4.69) is 102 Å². The number of benzene rings is 1. The molecule has 0 saturated carbocycles. The topological polar surface area (TPSA) is 77.5 Å². The maximum Gasteiger partial charge on any atom is 0.237 e. The van der Waals surface area contributed by atoms with Gasteiger partial charge in [0.2, 0.25) is 5.88 Å². The number of anilines is 4. The van der Waals surface area contributed by atoms with Gasteiger partial charge in [0.1, 0.15) is 18.5 Å². The molecule has 2 N–H and O–H groups in total. The molecule has 0 radical (unpaired) electrons. The number of hydroxylamine groups is 2. The fourth-order valence-corrected chi connectivity index (χ4v) is 5.63. The van der Waals surface area contributed by atoms with Crippen molar-refractivity contribution in [1.29, 1.82) is 0 Å². The number of hydrogen-bond acceptors (Lipinski definition) is 9. The summed E-state index contributed by atoms with van der Waals surface area (Å²) >= 11 is 0. The number of nitrogens with zero attached hydrogens (tertiary/aromatic N) is 5. The molecule has 1 aromatic heterocycles. The van der Waals surface area contributed by atoms with Gasteiger partial charge >= 0.3 is 0 Å². The van der Waals surface area contributed by atoms with Gasteiger partial charge in [0.15, 0.2) is 0 Å². The number of ether oxygens (including phenoxy) is 1. The molecule has 1 unspecified atom stereocenters. The highest BCUT2D eigenvalue weighted by molar-refractivity contribution is 6.04. The Labute approximate surface area is 239 Å².